The van der Waals surface area contributed by atoms with Crippen molar-refractivity contribution in [2.45, 2.75) is 39.8 Å². The Balaban J connectivity index is 2.15. The molecule has 1 heterocycles. The van der Waals surface area contributed by atoms with Gasteiger partial charge >= 0.3 is 0 Å². The van der Waals surface area contributed by atoms with Gasteiger partial charge in [-0.3, -0.25) is 19.0 Å². The van der Waals surface area contributed by atoms with Crippen molar-refractivity contribution in [3.05, 3.63) is 64.4 Å². The van der Waals surface area contributed by atoms with Crippen molar-refractivity contribution in [2.75, 3.05) is 18.8 Å². The van der Waals surface area contributed by atoms with Crippen molar-refractivity contribution < 1.29 is 9.59 Å². The topological polar surface area (TPSA) is 72.3 Å². The van der Waals surface area contributed by atoms with E-state index in [2.05, 4.69) is 0 Å². The van der Waals surface area contributed by atoms with Crippen molar-refractivity contribution in [1.82, 2.24) is 14.5 Å². The van der Waals surface area contributed by atoms with Crippen LogP contribution in [0.15, 0.2) is 58.5 Å². The van der Waals surface area contributed by atoms with E-state index >= 15 is 0 Å². The molecule has 1 aromatic heterocycles. The van der Waals surface area contributed by atoms with Crippen LogP contribution in [0.3, 0.4) is 0 Å². The molecule has 7 heteroatoms. The van der Waals surface area contributed by atoms with E-state index in [9.17, 15) is 14.4 Å². The van der Waals surface area contributed by atoms with Crippen LogP contribution in [0.5, 0.6) is 0 Å². The lowest BCUT2D eigenvalue weighted by atomic mass is 9.92. The number of amides is 1. The molecule has 0 aliphatic rings. The number of rotatable bonds is 7. The Kier molecular flexibility index (Phi) is 7.19. The molecule has 0 saturated heterocycles. The first-order valence-corrected chi connectivity index (χ1v) is 11.7. The smallest absolute Gasteiger partial charge is 0.266 e. The van der Waals surface area contributed by atoms with Crippen LogP contribution < -0.4 is 5.56 Å². The summed E-state index contributed by atoms with van der Waals surface area (Å²) in [5.41, 5.74) is 0.915. The number of hydrogen-bond donors (Lipinski definition) is 0. The molecule has 3 aromatic rings. The van der Waals surface area contributed by atoms with Gasteiger partial charge in [-0.25, -0.2) is 4.98 Å². The first kappa shape index (κ1) is 23.7. The Morgan fingerprint density at radius 2 is 1.69 bits per heavy atom. The van der Waals surface area contributed by atoms with Crippen LogP contribution >= 0.6 is 11.8 Å². The lowest BCUT2D eigenvalue weighted by Crippen LogP contribution is -2.30. The minimum Gasteiger partial charge on any atom is -0.339 e. The Morgan fingerprint density at radius 1 is 1.03 bits per heavy atom. The van der Waals surface area contributed by atoms with Crippen molar-refractivity contribution >= 4 is 34.4 Å². The van der Waals surface area contributed by atoms with Crippen LogP contribution in [-0.4, -0.2) is 45.0 Å². The number of fused-ring (bicyclic) bond motifs is 1. The second-order valence-corrected chi connectivity index (χ2v) is 9.48. The van der Waals surface area contributed by atoms with Gasteiger partial charge in [-0.2, -0.15) is 0 Å². The summed E-state index contributed by atoms with van der Waals surface area (Å²) < 4.78 is 1.54. The Hall–Kier alpha value is -2.93. The van der Waals surface area contributed by atoms with E-state index < -0.39 is 5.41 Å². The molecule has 0 radical (unpaired) electrons. The van der Waals surface area contributed by atoms with E-state index in [4.69, 9.17) is 4.98 Å². The summed E-state index contributed by atoms with van der Waals surface area (Å²) in [6.07, 6.45) is 0. The number of thioether (sulfide) groups is 1. The van der Waals surface area contributed by atoms with E-state index in [0.29, 0.717) is 40.4 Å². The molecule has 0 saturated carbocycles. The fourth-order valence-corrected chi connectivity index (χ4v) is 4.41. The summed E-state index contributed by atoms with van der Waals surface area (Å²) in [7, 11) is 0. The third-order valence-electron chi connectivity index (χ3n) is 5.32. The van der Waals surface area contributed by atoms with Gasteiger partial charge in [0.05, 0.1) is 22.3 Å². The van der Waals surface area contributed by atoms with Gasteiger partial charge in [0.1, 0.15) is 5.78 Å². The summed E-state index contributed by atoms with van der Waals surface area (Å²) >= 11 is 1.24. The molecule has 0 aliphatic heterocycles. The fourth-order valence-electron chi connectivity index (χ4n) is 3.24. The van der Waals surface area contributed by atoms with Crippen LogP contribution in [0.1, 0.15) is 45.0 Å². The van der Waals surface area contributed by atoms with Crippen molar-refractivity contribution in [3.63, 3.8) is 0 Å². The van der Waals surface area contributed by atoms with E-state index in [0.717, 1.165) is 0 Å². The number of carbonyl (C=O) groups is 2. The number of aromatic nitrogens is 2. The summed E-state index contributed by atoms with van der Waals surface area (Å²) in [6, 6.07) is 14.3. The molecule has 0 fully saturated rings. The highest BCUT2D eigenvalue weighted by atomic mass is 32.2. The standard InChI is InChI=1S/C25H29N3O3S/c1-6-27(7-2)22(30)17-13-14-19-20(15-17)26-24(32-16-21(29)25(3,4)5)28(23(19)31)18-11-9-8-10-12-18/h8-15H,6-7,16H2,1-5H3. The molecule has 3 rings (SSSR count). The quantitative estimate of drug-likeness (QED) is 0.389. The maximum absolute atomic E-state index is 13.4. The zero-order valence-corrected chi connectivity index (χ0v) is 20.0. The molecule has 0 N–H and O–H groups in total. The third kappa shape index (κ3) is 4.93. The lowest BCUT2D eigenvalue weighted by Gasteiger charge is -2.19. The largest absolute Gasteiger partial charge is 0.339 e. The fraction of sp³-hybridized carbons (Fsp3) is 0.360. The molecule has 6 nitrogen and oxygen atoms in total. The van der Waals surface area contributed by atoms with Crippen molar-refractivity contribution in [3.8, 4) is 5.69 Å². The zero-order chi connectivity index (χ0) is 23.5. The average Bonchev–Trinajstić information content (AvgIpc) is 2.77. The molecule has 2 aromatic carbocycles. The number of hydrogen-bond acceptors (Lipinski definition) is 5. The Bertz CT molecular complexity index is 1190. The predicted molar refractivity (Wildman–Crippen MR) is 130 cm³/mol. The number of nitrogens with zero attached hydrogens (tertiary/aromatic N) is 3. The van der Waals surface area contributed by atoms with Gasteiger partial charge in [0, 0.05) is 24.1 Å². The van der Waals surface area contributed by atoms with E-state index in [1.54, 1.807) is 23.1 Å². The maximum Gasteiger partial charge on any atom is 0.266 e. The highest BCUT2D eigenvalue weighted by Gasteiger charge is 2.23. The lowest BCUT2D eigenvalue weighted by molar-refractivity contribution is -0.123. The number of ketones is 1. The van der Waals surface area contributed by atoms with E-state index in [1.165, 1.54) is 16.3 Å². The van der Waals surface area contributed by atoms with E-state index in [-0.39, 0.29) is 23.0 Å². The van der Waals surface area contributed by atoms with Gasteiger partial charge < -0.3 is 4.90 Å². The number of Topliss-reactive ketones (excluding diaryl/α,β-unsaturated/α-hetero) is 1. The van der Waals surface area contributed by atoms with Gasteiger partial charge in [0.25, 0.3) is 11.5 Å². The van der Waals surface area contributed by atoms with Crippen LogP contribution in [0, 0.1) is 5.41 Å². The van der Waals surface area contributed by atoms with Crippen LogP contribution in [-0.2, 0) is 4.79 Å². The minimum absolute atomic E-state index is 0.0712. The molecule has 0 bridgehead atoms. The Labute approximate surface area is 192 Å². The molecule has 32 heavy (non-hydrogen) atoms. The maximum atomic E-state index is 13.4. The monoisotopic (exact) mass is 451 g/mol. The number of para-hydroxylation sites is 1. The van der Waals surface area contributed by atoms with Crippen LogP contribution in [0.25, 0.3) is 16.6 Å². The van der Waals surface area contributed by atoms with Gasteiger partial charge in [-0.15, -0.1) is 0 Å². The van der Waals surface area contributed by atoms with Gasteiger partial charge in [-0.05, 0) is 44.2 Å². The molecule has 1 amide bonds. The normalized spacial score (nSPS) is 11.5. The molecular weight excluding hydrogens is 422 g/mol. The highest BCUT2D eigenvalue weighted by molar-refractivity contribution is 7.99. The zero-order valence-electron chi connectivity index (χ0n) is 19.2. The van der Waals surface area contributed by atoms with Gasteiger partial charge in [-0.1, -0.05) is 50.7 Å². The molecular formula is C25H29N3O3S. The van der Waals surface area contributed by atoms with E-state index in [1.807, 2.05) is 65.0 Å². The van der Waals surface area contributed by atoms with Crippen LogP contribution in [0.4, 0.5) is 0 Å². The molecule has 0 spiro atoms. The molecule has 0 atom stereocenters. The highest BCUT2D eigenvalue weighted by Crippen LogP contribution is 2.25. The Morgan fingerprint density at radius 3 is 2.28 bits per heavy atom. The first-order chi connectivity index (χ1) is 15.2. The molecule has 0 aliphatic carbocycles. The van der Waals surface area contributed by atoms with Crippen molar-refractivity contribution in [2.24, 2.45) is 5.41 Å². The van der Waals surface area contributed by atoms with Gasteiger partial charge in [0.2, 0.25) is 0 Å². The van der Waals surface area contributed by atoms with Gasteiger partial charge in [0.15, 0.2) is 5.16 Å². The molecule has 168 valence electrons. The summed E-state index contributed by atoms with van der Waals surface area (Å²) in [6.45, 7) is 10.7. The summed E-state index contributed by atoms with van der Waals surface area (Å²) in [4.78, 5) is 45.2. The average molecular weight is 452 g/mol. The second kappa shape index (κ2) is 9.69. The first-order valence-electron chi connectivity index (χ1n) is 10.7. The number of carbonyl (C=O) groups excluding carboxylic acids is 2. The predicted octanol–water partition coefficient (Wildman–Crippen LogP) is 4.58. The molecule has 0 unspecified atom stereocenters. The summed E-state index contributed by atoms with van der Waals surface area (Å²) in [5.74, 6) is 0.178. The van der Waals surface area contributed by atoms with Crippen LogP contribution in [0.2, 0.25) is 0 Å². The SMILES string of the molecule is CCN(CC)C(=O)c1ccc2c(=O)n(-c3ccccc3)c(SCC(=O)C(C)(C)C)nc2c1. The minimum atomic E-state index is -0.481. The summed E-state index contributed by atoms with van der Waals surface area (Å²) in [5, 5.41) is 0.857. The number of benzene rings is 2. The third-order valence-corrected chi connectivity index (χ3v) is 6.26. The second-order valence-electron chi connectivity index (χ2n) is 8.54. The van der Waals surface area contributed by atoms with Crippen molar-refractivity contribution in [1.29, 1.82) is 0 Å².